The van der Waals surface area contributed by atoms with Gasteiger partial charge >= 0.3 is 5.97 Å². The lowest BCUT2D eigenvalue weighted by Crippen LogP contribution is -2.47. The fourth-order valence-corrected chi connectivity index (χ4v) is 7.90. The van der Waals surface area contributed by atoms with Gasteiger partial charge in [0.05, 0.1) is 12.5 Å². The van der Waals surface area contributed by atoms with Gasteiger partial charge in [0.2, 0.25) is 0 Å². The lowest BCUT2D eigenvalue weighted by Gasteiger charge is -2.31. The van der Waals surface area contributed by atoms with Gasteiger partial charge in [0.1, 0.15) is 4.21 Å². The molecule has 0 aliphatic heterocycles. The summed E-state index contributed by atoms with van der Waals surface area (Å²) in [7, 11) is -2.28. The van der Waals surface area contributed by atoms with Crippen molar-refractivity contribution in [1.29, 1.82) is 0 Å². The number of aliphatic hydroxyl groups excluding tert-OH is 1. The number of nitrogens with zero attached hydrogens (tertiary/aromatic N) is 1. The van der Waals surface area contributed by atoms with Gasteiger partial charge in [-0.2, -0.15) is 4.31 Å². The summed E-state index contributed by atoms with van der Waals surface area (Å²) in [6, 6.07) is 19.0. The highest BCUT2D eigenvalue weighted by Crippen LogP contribution is 2.33. The topological polar surface area (TPSA) is 107 Å². The van der Waals surface area contributed by atoms with Gasteiger partial charge < -0.3 is 15.5 Å². The van der Waals surface area contributed by atoms with Crippen molar-refractivity contribution in [3.63, 3.8) is 0 Å². The molecule has 9 heteroatoms. The van der Waals surface area contributed by atoms with Crippen LogP contribution in [0.3, 0.4) is 0 Å². The molecule has 1 aromatic heterocycles. The van der Waals surface area contributed by atoms with E-state index in [0.29, 0.717) is 18.0 Å². The van der Waals surface area contributed by atoms with Crippen LogP contribution in [0.25, 0.3) is 10.4 Å². The lowest BCUT2D eigenvalue weighted by atomic mass is 9.88. The average Bonchev–Trinajstić information content (AvgIpc) is 3.50. The number of aliphatic carboxylic acids is 1. The predicted octanol–water partition coefficient (Wildman–Crippen LogP) is 4.20. The first-order valence-electron chi connectivity index (χ1n) is 12.8. The first-order valence-corrected chi connectivity index (χ1v) is 15.1. The molecule has 0 bridgehead atoms. The second-order valence-electron chi connectivity index (χ2n) is 10.8. The van der Waals surface area contributed by atoms with Crippen LogP contribution in [-0.2, 0) is 34.1 Å². The third kappa shape index (κ3) is 7.09. The van der Waals surface area contributed by atoms with Gasteiger partial charge in [0.15, 0.2) is 0 Å². The lowest BCUT2D eigenvalue weighted by molar-refractivity contribution is -0.136. The van der Waals surface area contributed by atoms with Crippen molar-refractivity contribution < 1.29 is 23.4 Å². The third-order valence-electron chi connectivity index (χ3n) is 7.06. The number of β-amino-alcohol motifs (C(OH)–C–C–N with tert-alkyl or cyclic N) is 1. The molecular weight excluding hydrogens is 520 g/mol. The third-order valence-corrected chi connectivity index (χ3v) is 10.5. The SMILES string of the molecule is CN(C[C@H](O)CNC(C)(C)CC1Cc2ccccc2C1)S(=O)(=O)c1ccc(-c2ccc(CC(=O)O)cc2)s1. The Morgan fingerprint density at radius 3 is 2.32 bits per heavy atom. The molecule has 0 radical (unpaired) electrons. The zero-order valence-electron chi connectivity index (χ0n) is 22.1. The molecule has 0 unspecified atom stereocenters. The summed E-state index contributed by atoms with van der Waals surface area (Å²) >= 11 is 1.16. The Kier molecular flexibility index (Phi) is 8.74. The van der Waals surface area contributed by atoms with Crippen LogP contribution in [0.5, 0.6) is 0 Å². The average molecular weight is 557 g/mol. The van der Waals surface area contributed by atoms with E-state index in [4.69, 9.17) is 5.11 Å². The molecule has 1 heterocycles. The van der Waals surface area contributed by atoms with E-state index in [-0.39, 0.29) is 22.7 Å². The van der Waals surface area contributed by atoms with Crippen molar-refractivity contribution in [3.05, 3.63) is 77.4 Å². The highest BCUT2D eigenvalue weighted by Gasteiger charge is 2.30. The van der Waals surface area contributed by atoms with E-state index in [1.807, 2.05) is 0 Å². The van der Waals surface area contributed by atoms with Crippen molar-refractivity contribution in [1.82, 2.24) is 9.62 Å². The van der Waals surface area contributed by atoms with Crippen LogP contribution in [-0.4, -0.2) is 60.7 Å². The number of thiophene rings is 1. The summed E-state index contributed by atoms with van der Waals surface area (Å²) < 4.78 is 27.7. The normalized spacial score (nSPS) is 15.1. The monoisotopic (exact) mass is 556 g/mol. The number of aliphatic hydroxyl groups is 1. The fourth-order valence-electron chi connectivity index (χ4n) is 5.17. The molecule has 0 saturated heterocycles. The molecule has 1 aliphatic rings. The van der Waals surface area contributed by atoms with Gasteiger partial charge in [-0.15, -0.1) is 11.3 Å². The molecular formula is C29H36N2O5S2. The second kappa shape index (κ2) is 11.7. The summed E-state index contributed by atoms with van der Waals surface area (Å²) in [5.74, 6) is -0.345. The van der Waals surface area contributed by atoms with E-state index in [9.17, 15) is 18.3 Å². The molecule has 3 N–H and O–H groups in total. The molecule has 38 heavy (non-hydrogen) atoms. The van der Waals surface area contributed by atoms with Crippen LogP contribution in [0.15, 0.2) is 64.9 Å². The van der Waals surface area contributed by atoms with Crippen LogP contribution < -0.4 is 5.32 Å². The van der Waals surface area contributed by atoms with Gasteiger partial charge in [-0.1, -0.05) is 48.5 Å². The molecule has 204 valence electrons. The van der Waals surface area contributed by atoms with Crippen LogP contribution in [0.4, 0.5) is 0 Å². The van der Waals surface area contributed by atoms with Crippen molar-refractivity contribution in [2.75, 3.05) is 20.1 Å². The Morgan fingerprint density at radius 1 is 1.08 bits per heavy atom. The smallest absolute Gasteiger partial charge is 0.307 e. The highest BCUT2D eigenvalue weighted by atomic mass is 32.2. The Morgan fingerprint density at radius 2 is 1.71 bits per heavy atom. The maximum atomic E-state index is 13.2. The summed E-state index contributed by atoms with van der Waals surface area (Å²) in [4.78, 5) is 11.7. The fraction of sp³-hybridized carbons (Fsp3) is 0.414. The number of benzene rings is 2. The number of hydrogen-bond acceptors (Lipinski definition) is 6. The van der Waals surface area contributed by atoms with Crippen molar-refractivity contribution in [2.45, 2.75) is 55.4 Å². The highest BCUT2D eigenvalue weighted by molar-refractivity contribution is 7.91. The van der Waals surface area contributed by atoms with Gasteiger partial charge in [0.25, 0.3) is 10.0 Å². The minimum atomic E-state index is -3.76. The molecule has 1 aliphatic carbocycles. The number of likely N-dealkylation sites (N-methyl/N-ethyl adjacent to an activating group) is 1. The van der Waals surface area contributed by atoms with E-state index < -0.39 is 22.1 Å². The van der Waals surface area contributed by atoms with E-state index in [2.05, 4.69) is 43.4 Å². The Labute approximate surface area is 229 Å². The minimum Gasteiger partial charge on any atom is -0.481 e. The summed E-state index contributed by atoms with van der Waals surface area (Å²) in [5.41, 5.74) is 4.17. The van der Waals surface area contributed by atoms with E-state index in [1.165, 1.54) is 22.5 Å². The quantitative estimate of drug-likeness (QED) is 0.309. The standard InChI is InChI=1S/C29H36N2O5S2/c1-29(2,17-21-14-23-6-4-5-7-24(23)15-21)30-18-25(32)19-31(3)38(35,36)28-13-12-26(37-28)22-10-8-20(9-11-22)16-27(33)34/h4-13,21,25,30,32H,14-19H2,1-3H3,(H,33,34)/t25-/m1/s1. The van der Waals surface area contributed by atoms with Crippen molar-refractivity contribution in [3.8, 4) is 10.4 Å². The van der Waals surface area contributed by atoms with E-state index >= 15 is 0 Å². The number of carboxylic acid groups (broad SMARTS) is 1. The molecule has 0 amide bonds. The number of nitrogens with one attached hydrogen (secondary N) is 1. The van der Waals surface area contributed by atoms with Crippen LogP contribution in [0.1, 0.15) is 37.0 Å². The van der Waals surface area contributed by atoms with Crippen molar-refractivity contribution >= 4 is 27.3 Å². The van der Waals surface area contributed by atoms with Crippen LogP contribution >= 0.6 is 11.3 Å². The first kappa shape index (κ1) is 28.4. The van der Waals surface area contributed by atoms with Gasteiger partial charge in [-0.25, -0.2) is 8.42 Å². The number of carbonyl (C=O) groups is 1. The van der Waals surface area contributed by atoms with E-state index in [1.54, 1.807) is 36.4 Å². The molecule has 0 fully saturated rings. The van der Waals surface area contributed by atoms with Gasteiger partial charge in [0, 0.05) is 30.6 Å². The maximum Gasteiger partial charge on any atom is 0.307 e. The maximum absolute atomic E-state index is 13.2. The largest absolute Gasteiger partial charge is 0.481 e. The molecule has 0 spiro atoms. The Hall–Kier alpha value is -2.56. The number of hydrogen-bond donors (Lipinski definition) is 3. The van der Waals surface area contributed by atoms with E-state index in [0.717, 1.165) is 41.0 Å². The second-order valence-corrected chi connectivity index (χ2v) is 14.2. The van der Waals surface area contributed by atoms with Crippen LogP contribution in [0.2, 0.25) is 0 Å². The first-order chi connectivity index (χ1) is 17.9. The summed E-state index contributed by atoms with van der Waals surface area (Å²) in [6.45, 7) is 4.54. The number of fused-ring (bicyclic) bond motifs is 1. The molecule has 0 saturated carbocycles. The number of sulfonamides is 1. The number of carboxylic acids is 1. The zero-order chi connectivity index (χ0) is 27.5. The minimum absolute atomic E-state index is 0.0165. The summed E-state index contributed by atoms with van der Waals surface area (Å²) in [6.07, 6.45) is 2.20. The molecule has 2 aromatic carbocycles. The van der Waals surface area contributed by atoms with Gasteiger partial charge in [-0.05, 0) is 73.4 Å². The van der Waals surface area contributed by atoms with Crippen LogP contribution in [0, 0.1) is 5.92 Å². The van der Waals surface area contributed by atoms with Crippen molar-refractivity contribution in [2.24, 2.45) is 5.92 Å². The zero-order valence-corrected chi connectivity index (χ0v) is 23.7. The Bertz CT molecular complexity index is 1340. The molecule has 4 rings (SSSR count). The summed E-state index contributed by atoms with van der Waals surface area (Å²) in [5, 5.41) is 23.0. The Balaban J connectivity index is 1.30. The number of rotatable bonds is 12. The predicted molar refractivity (Wildman–Crippen MR) is 151 cm³/mol. The molecule has 1 atom stereocenters. The molecule has 7 nitrogen and oxygen atoms in total. The molecule has 3 aromatic rings. The van der Waals surface area contributed by atoms with Gasteiger partial charge in [-0.3, -0.25) is 4.79 Å².